The summed E-state index contributed by atoms with van der Waals surface area (Å²) in [5.41, 5.74) is 0.610. The summed E-state index contributed by atoms with van der Waals surface area (Å²) in [7, 11) is 0. The Morgan fingerprint density at radius 3 is 2.65 bits per heavy atom. The molecule has 0 atom stereocenters. The van der Waals surface area contributed by atoms with Gasteiger partial charge in [0, 0.05) is 10.5 Å². The molecule has 3 nitrogen and oxygen atoms in total. The maximum absolute atomic E-state index is 12.5. The summed E-state index contributed by atoms with van der Waals surface area (Å²) in [4.78, 5) is 12.5. The number of carbonyl (C=O) groups excluding carboxylic acids is 1. The summed E-state index contributed by atoms with van der Waals surface area (Å²) in [6.45, 7) is 3.93. The Kier molecular flexibility index (Phi) is 5.46. The van der Waals surface area contributed by atoms with E-state index in [4.69, 9.17) is 4.74 Å². The number of benzene rings is 1. The number of halogens is 1. The molecular formula is C16H22BrNO2. The highest BCUT2D eigenvalue weighted by atomic mass is 79.9. The number of carbonyl (C=O) groups is 1. The lowest BCUT2D eigenvalue weighted by atomic mass is 9.95. The van der Waals surface area contributed by atoms with E-state index in [1.165, 1.54) is 19.3 Å². The molecular weight excluding hydrogens is 318 g/mol. The predicted octanol–water partition coefficient (Wildman–Crippen LogP) is 4.30. The van der Waals surface area contributed by atoms with Crippen molar-refractivity contribution in [1.82, 2.24) is 5.32 Å². The van der Waals surface area contributed by atoms with Crippen molar-refractivity contribution in [3.05, 3.63) is 28.2 Å². The summed E-state index contributed by atoms with van der Waals surface area (Å²) < 4.78 is 6.62. The van der Waals surface area contributed by atoms with Crippen LogP contribution in [0.1, 0.15) is 56.3 Å². The highest BCUT2D eigenvalue weighted by Crippen LogP contribution is 2.25. The fourth-order valence-electron chi connectivity index (χ4n) is 2.55. The van der Waals surface area contributed by atoms with Gasteiger partial charge < -0.3 is 10.1 Å². The fourth-order valence-corrected chi connectivity index (χ4v) is 2.91. The minimum absolute atomic E-state index is 0.0335. The van der Waals surface area contributed by atoms with E-state index in [2.05, 4.69) is 21.2 Å². The molecule has 1 aliphatic carbocycles. The van der Waals surface area contributed by atoms with Crippen LogP contribution in [0.4, 0.5) is 0 Å². The average Bonchev–Trinajstić information content (AvgIpc) is 2.41. The summed E-state index contributed by atoms with van der Waals surface area (Å²) in [6.07, 6.45) is 5.92. The Bertz CT molecular complexity index is 468. The van der Waals surface area contributed by atoms with Crippen LogP contribution < -0.4 is 10.1 Å². The van der Waals surface area contributed by atoms with Gasteiger partial charge in [-0.05, 0) is 44.9 Å². The molecule has 1 saturated carbocycles. The number of nitrogens with one attached hydrogen (secondary N) is 1. The number of ether oxygens (including phenoxy) is 1. The van der Waals surface area contributed by atoms with Crippen LogP contribution >= 0.6 is 15.9 Å². The highest BCUT2D eigenvalue weighted by molar-refractivity contribution is 9.10. The van der Waals surface area contributed by atoms with Crippen molar-refractivity contribution in [1.29, 1.82) is 0 Å². The minimum Gasteiger partial charge on any atom is -0.490 e. The summed E-state index contributed by atoms with van der Waals surface area (Å²) in [5.74, 6) is 0.616. The standard InChI is InChI=1S/C16H22BrNO2/c1-11(2)20-15-9-8-12(17)10-14(15)16(19)18-13-6-4-3-5-7-13/h8-11,13H,3-7H2,1-2H3,(H,18,19). The zero-order valence-corrected chi connectivity index (χ0v) is 13.7. The van der Waals surface area contributed by atoms with Crippen LogP contribution in [0.5, 0.6) is 5.75 Å². The van der Waals surface area contributed by atoms with Gasteiger partial charge in [-0.2, -0.15) is 0 Å². The van der Waals surface area contributed by atoms with Crippen LogP contribution in [0, 0.1) is 0 Å². The first-order chi connectivity index (χ1) is 9.56. The fraction of sp³-hybridized carbons (Fsp3) is 0.562. The van der Waals surface area contributed by atoms with Crippen molar-refractivity contribution in [2.45, 2.75) is 58.1 Å². The van der Waals surface area contributed by atoms with Crippen molar-refractivity contribution in [2.75, 3.05) is 0 Å². The monoisotopic (exact) mass is 339 g/mol. The van der Waals surface area contributed by atoms with Gasteiger partial charge in [0.15, 0.2) is 0 Å². The van der Waals surface area contributed by atoms with Crippen molar-refractivity contribution in [3.63, 3.8) is 0 Å². The van der Waals surface area contributed by atoms with E-state index < -0.39 is 0 Å². The third kappa shape index (κ3) is 4.23. The largest absolute Gasteiger partial charge is 0.490 e. The van der Waals surface area contributed by atoms with Crippen LogP contribution in [0.2, 0.25) is 0 Å². The third-order valence-corrected chi connectivity index (χ3v) is 3.98. The molecule has 0 bridgehead atoms. The molecule has 0 heterocycles. The van der Waals surface area contributed by atoms with Crippen molar-refractivity contribution in [3.8, 4) is 5.75 Å². The molecule has 1 N–H and O–H groups in total. The Morgan fingerprint density at radius 1 is 1.30 bits per heavy atom. The zero-order chi connectivity index (χ0) is 14.5. The first-order valence-electron chi connectivity index (χ1n) is 7.33. The molecule has 0 aromatic heterocycles. The summed E-state index contributed by atoms with van der Waals surface area (Å²) in [5, 5.41) is 3.14. The molecule has 0 saturated heterocycles. The Morgan fingerprint density at radius 2 is 2.00 bits per heavy atom. The van der Waals surface area contributed by atoms with E-state index in [0.29, 0.717) is 17.4 Å². The predicted molar refractivity (Wildman–Crippen MR) is 84.2 cm³/mol. The molecule has 0 radical (unpaired) electrons. The van der Waals surface area contributed by atoms with Gasteiger partial charge in [0.25, 0.3) is 5.91 Å². The number of hydrogen-bond acceptors (Lipinski definition) is 2. The highest BCUT2D eigenvalue weighted by Gasteiger charge is 2.19. The molecule has 110 valence electrons. The van der Waals surface area contributed by atoms with E-state index >= 15 is 0 Å². The summed E-state index contributed by atoms with van der Waals surface area (Å²) in [6, 6.07) is 5.88. The lowest BCUT2D eigenvalue weighted by Gasteiger charge is -2.23. The molecule has 20 heavy (non-hydrogen) atoms. The Hall–Kier alpha value is -1.03. The Labute approximate surface area is 129 Å². The first kappa shape index (κ1) is 15.4. The number of hydrogen-bond donors (Lipinski definition) is 1. The third-order valence-electron chi connectivity index (χ3n) is 3.49. The van der Waals surface area contributed by atoms with Gasteiger partial charge in [0.2, 0.25) is 0 Å². The lowest BCUT2D eigenvalue weighted by molar-refractivity contribution is 0.0922. The lowest BCUT2D eigenvalue weighted by Crippen LogP contribution is -2.36. The van der Waals surface area contributed by atoms with E-state index in [1.54, 1.807) is 0 Å². The number of rotatable bonds is 4. The van der Waals surface area contributed by atoms with Crippen LogP contribution in [0.3, 0.4) is 0 Å². The molecule has 1 amide bonds. The Balaban J connectivity index is 2.12. The van der Waals surface area contributed by atoms with Gasteiger partial charge in [0.1, 0.15) is 5.75 Å². The summed E-state index contributed by atoms with van der Waals surface area (Å²) >= 11 is 3.42. The second-order valence-corrected chi connectivity index (χ2v) is 6.53. The van der Waals surface area contributed by atoms with Gasteiger partial charge in [-0.3, -0.25) is 4.79 Å². The number of amides is 1. The molecule has 0 aliphatic heterocycles. The van der Waals surface area contributed by atoms with Crippen molar-refractivity contribution < 1.29 is 9.53 Å². The van der Waals surface area contributed by atoms with Gasteiger partial charge >= 0.3 is 0 Å². The van der Waals surface area contributed by atoms with Crippen molar-refractivity contribution in [2.24, 2.45) is 0 Å². The van der Waals surface area contributed by atoms with Gasteiger partial charge in [-0.15, -0.1) is 0 Å². The maximum atomic E-state index is 12.5. The molecule has 1 aromatic carbocycles. The minimum atomic E-state index is -0.0335. The molecule has 2 rings (SSSR count). The molecule has 0 spiro atoms. The molecule has 4 heteroatoms. The van der Waals surface area contributed by atoms with Crippen LogP contribution in [0.25, 0.3) is 0 Å². The van der Waals surface area contributed by atoms with E-state index in [9.17, 15) is 4.79 Å². The first-order valence-corrected chi connectivity index (χ1v) is 8.12. The zero-order valence-electron chi connectivity index (χ0n) is 12.1. The van der Waals surface area contributed by atoms with Crippen LogP contribution in [0.15, 0.2) is 22.7 Å². The van der Waals surface area contributed by atoms with Crippen molar-refractivity contribution >= 4 is 21.8 Å². The van der Waals surface area contributed by atoms with E-state index in [1.807, 2.05) is 32.0 Å². The van der Waals surface area contributed by atoms with Gasteiger partial charge in [-0.1, -0.05) is 35.2 Å². The molecule has 1 fully saturated rings. The topological polar surface area (TPSA) is 38.3 Å². The average molecular weight is 340 g/mol. The SMILES string of the molecule is CC(C)Oc1ccc(Br)cc1C(=O)NC1CCCCC1. The molecule has 0 unspecified atom stereocenters. The second kappa shape index (κ2) is 7.11. The smallest absolute Gasteiger partial charge is 0.255 e. The van der Waals surface area contributed by atoms with Gasteiger partial charge in [0.05, 0.1) is 11.7 Å². The quantitative estimate of drug-likeness (QED) is 0.888. The van der Waals surface area contributed by atoms with Crippen LogP contribution in [-0.2, 0) is 0 Å². The second-order valence-electron chi connectivity index (χ2n) is 5.62. The van der Waals surface area contributed by atoms with E-state index in [0.717, 1.165) is 17.3 Å². The van der Waals surface area contributed by atoms with E-state index in [-0.39, 0.29) is 12.0 Å². The van der Waals surface area contributed by atoms with Crippen LogP contribution in [-0.4, -0.2) is 18.1 Å². The van der Waals surface area contributed by atoms with Gasteiger partial charge in [-0.25, -0.2) is 0 Å². The maximum Gasteiger partial charge on any atom is 0.255 e. The molecule has 1 aromatic rings. The normalized spacial score (nSPS) is 16.2. The molecule has 1 aliphatic rings.